The number of carbonyl (C=O) groups is 2. The molecule has 2 rings (SSSR count). The highest BCUT2D eigenvalue weighted by molar-refractivity contribution is 6.05. The molecule has 2 saturated heterocycles. The van der Waals surface area contributed by atoms with Gasteiger partial charge in [-0.2, -0.15) is 4.89 Å². The van der Waals surface area contributed by atoms with Crippen molar-refractivity contribution in [1.82, 2.24) is 0 Å². The maximum Gasteiger partial charge on any atom is 0.357 e. The summed E-state index contributed by atoms with van der Waals surface area (Å²) >= 11 is 0. The Balaban J connectivity index is 2.30. The third-order valence-corrected chi connectivity index (χ3v) is 5.00. The average molecular weight is 358 g/mol. The van der Waals surface area contributed by atoms with Crippen LogP contribution in [0.3, 0.4) is 0 Å². The van der Waals surface area contributed by atoms with E-state index in [-0.39, 0.29) is 5.92 Å². The molecule has 0 N–H and O–H groups in total. The van der Waals surface area contributed by atoms with Crippen LogP contribution in [-0.2, 0) is 33.6 Å². The Morgan fingerprint density at radius 1 is 1.12 bits per heavy atom. The highest BCUT2D eigenvalue weighted by atomic mass is 17.2. The van der Waals surface area contributed by atoms with Crippen LogP contribution in [0.15, 0.2) is 0 Å². The standard InChI is InChI=1S/C18H30O7/c1-7-8-9-10-17(21-6)11-13(12(2)3)18(25-24-17)14(19)22-16(4,5)23-15(18)20/h12-13H,7-11H2,1-6H3. The molecule has 2 atom stereocenters. The highest BCUT2D eigenvalue weighted by Crippen LogP contribution is 2.48. The van der Waals surface area contributed by atoms with E-state index in [9.17, 15) is 9.59 Å². The van der Waals surface area contributed by atoms with Crippen LogP contribution in [0.1, 0.15) is 66.7 Å². The molecule has 2 aliphatic heterocycles. The lowest BCUT2D eigenvalue weighted by molar-refractivity contribution is -0.494. The first-order valence-corrected chi connectivity index (χ1v) is 9.01. The fourth-order valence-electron chi connectivity index (χ4n) is 3.50. The lowest BCUT2D eigenvalue weighted by atomic mass is 9.73. The zero-order valence-electron chi connectivity index (χ0n) is 16.0. The van der Waals surface area contributed by atoms with E-state index in [0.29, 0.717) is 12.8 Å². The molecule has 2 fully saturated rings. The first-order chi connectivity index (χ1) is 11.6. The van der Waals surface area contributed by atoms with Gasteiger partial charge >= 0.3 is 11.9 Å². The predicted molar refractivity (Wildman–Crippen MR) is 88.0 cm³/mol. The molecule has 2 unspecified atom stereocenters. The predicted octanol–water partition coefficient (Wildman–Crippen LogP) is 3.11. The van der Waals surface area contributed by atoms with Crippen LogP contribution in [-0.4, -0.2) is 36.2 Å². The smallest absolute Gasteiger partial charge is 0.357 e. The van der Waals surface area contributed by atoms with Gasteiger partial charge in [0.1, 0.15) is 0 Å². The molecule has 0 radical (unpaired) electrons. The highest BCUT2D eigenvalue weighted by Gasteiger charge is 2.68. The van der Waals surface area contributed by atoms with Gasteiger partial charge in [0.05, 0.1) is 0 Å². The molecule has 0 aromatic heterocycles. The molecule has 0 saturated carbocycles. The number of methoxy groups -OCH3 is 1. The van der Waals surface area contributed by atoms with Gasteiger partial charge in [0.25, 0.3) is 11.4 Å². The van der Waals surface area contributed by atoms with Crippen LogP contribution in [0.5, 0.6) is 0 Å². The molecule has 0 aromatic rings. The average Bonchev–Trinajstić information content (AvgIpc) is 2.52. The second kappa shape index (κ2) is 7.21. The van der Waals surface area contributed by atoms with E-state index in [1.54, 1.807) is 7.11 Å². The summed E-state index contributed by atoms with van der Waals surface area (Å²) in [5.74, 6) is -4.38. The maximum absolute atomic E-state index is 12.7. The van der Waals surface area contributed by atoms with Crippen molar-refractivity contribution in [3.8, 4) is 0 Å². The summed E-state index contributed by atoms with van der Waals surface area (Å²) in [5.41, 5.74) is -1.91. The zero-order chi connectivity index (χ0) is 18.9. The minimum absolute atomic E-state index is 0.0501. The van der Waals surface area contributed by atoms with Gasteiger partial charge in [-0.15, -0.1) is 0 Å². The fraction of sp³-hybridized carbons (Fsp3) is 0.889. The van der Waals surface area contributed by atoms with Crippen molar-refractivity contribution in [3.05, 3.63) is 0 Å². The molecule has 0 aromatic carbocycles. The van der Waals surface area contributed by atoms with Gasteiger partial charge in [-0.3, -0.25) is 0 Å². The summed E-state index contributed by atoms with van der Waals surface area (Å²) in [6.07, 6.45) is 3.95. The Kier molecular flexibility index (Phi) is 5.81. The largest absolute Gasteiger partial charge is 0.420 e. The lowest BCUT2D eigenvalue weighted by Crippen LogP contribution is -2.68. The van der Waals surface area contributed by atoms with Crippen molar-refractivity contribution in [1.29, 1.82) is 0 Å². The van der Waals surface area contributed by atoms with Crippen LogP contribution in [0.4, 0.5) is 0 Å². The lowest BCUT2D eigenvalue weighted by Gasteiger charge is -2.50. The number of rotatable bonds is 6. The first-order valence-electron chi connectivity index (χ1n) is 9.01. The van der Waals surface area contributed by atoms with Gasteiger partial charge in [0.2, 0.25) is 5.79 Å². The van der Waals surface area contributed by atoms with E-state index < -0.39 is 35.0 Å². The summed E-state index contributed by atoms with van der Waals surface area (Å²) in [7, 11) is 1.55. The number of unbranched alkanes of at least 4 members (excludes halogenated alkanes) is 2. The molecular weight excluding hydrogens is 328 g/mol. The summed E-state index contributed by atoms with van der Waals surface area (Å²) in [6, 6.07) is 0. The van der Waals surface area contributed by atoms with Crippen LogP contribution in [0.25, 0.3) is 0 Å². The molecule has 7 nitrogen and oxygen atoms in total. The fourth-order valence-corrected chi connectivity index (χ4v) is 3.50. The number of hydrogen-bond donors (Lipinski definition) is 0. The molecule has 0 aliphatic carbocycles. The molecule has 7 heteroatoms. The molecular formula is C18H30O7. The Morgan fingerprint density at radius 2 is 1.72 bits per heavy atom. The van der Waals surface area contributed by atoms with Crippen molar-refractivity contribution in [2.45, 2.75) is 83.9 Å². The maximum atomic E-state index is 12.7. The Labute approximate surface area is 149 Å². The van der Waals surface area contributed by atoms with Crippen LogP contribution in [0.2, 0.25) is 0 Å². The monoisotopic (exact) mass is 358 g/mol. The topological polar surface area (TPSA) is 80.3 Å². The molecule has 25 heavy (non-hydrogen) atoms. The molecule has 1 spiro atoms. The van der Waals surface area contributed by atoms with Crippen molar-refractivity contribution >= 4 is 11.9 Å². The zero-order valence-corrected chi connectivity index (χ0v) is 16.0. The second-order valence-electron chi connectivity index (χ2n) is 7.71. The molecule has 144 valence electrons. The van der Waals surface area contributed by atoms with E-state index in [0.717, 1.165) is 19.3 Å². The molecule has 0 bridgehead atoms. The SMILES string of the molecule is CCCCCC1(OC)CC(C(C)C)C2(OO1)C(=O)OC(C)(C)OC2=O. The van der Waals surface area contributed by atoms with Gasteiger partial charge < -0.3 is 14.2 Å². The third-order valence-electron chi connectivity index (χ3n) is 5.00. The van der Waals surface area contributed by atoms with E-state index >= 15 is 0 Å². The minimum Gasteiger partial charge on any atom is -0.420 e. The minimum atomic E-state index is -1.91. The van der Waals surface area contributed by atoms with E-state index in [4.69, 9.17) is 24.0 Å². The van der Waals surface area contributed by atoms with Crippen LogP contribution < -0.4 is 0 Å². The van der Waals surface area contributed by atoms with Gasteiger partial charge in [-0.05, 0) is 12.3 Å². The Bertz CT molecular complexity index is 494. The van der Waals surface area contributed by atoms with E-state index in [1.165, 1.54) is 13.8 Å². The van der Waals surface area contributed by atoms with Gasteiger partial charge in [-0.25, -0.2) is 14.5 Å². The van der Waals surface area contributed by atoms with E-state index in [1.807, 2.05) is 13.8 Å². The third kappa shape index (κ3) is 3.68. The van der Waals surface area contributed by atoms with Gasteiger partial charge in [0.15, 0.2) is 0 Å². The van der Waals surface area contributed by atoms with Gasteiger partial charge in [0, 0.05) is 39.7 Å². The van der Waals surface area contributed by atoms with Crippen molar-refractivity contribution in [2.75, 3.05) is 7.11 Å². The molecule has 0 amide bonds. The number of hydrogen-bond acceptors (Lipinski definition) is 7. The Hall–Kier alpha value is -1.18. The number of cyclic esters (lactones) is 2. The number of carbonyl (C=O) groups excluding carboxylic acids is 2. The van der Waals surface area contributed by atoms with Crippen LogP contribution in [0, 0.1) is 11.8 Å². The second-order valence-corrected chi connectivity index (χ2v) is 7.71. The Morgan fingerprint density at radius 3 is 2.20 bits per heavy atom. The summed E-state index contributed by atoms with van der Waals surface area (Å²) in [6.45, 7) is 8.98. The van der Waals surface area contributed by atoms with E-state index in [2.05, 4.69) is 6.92 Å². The number of esters is 2. The molecule has 2 aliphatic rings. The van der Waals surface area contributed by atoms with Crippen molar-refractivity contribution in [2.24, 2.45) is 11.8 Å². The van der Waals surface area contributed by atoms with Crippen molar-refractivity contribution in [3.63, 3.8) is 0 Å². The first kappa shape index (κ1) is 20.1. The normalized spacial score (nSPS) is 31.1. The van der Waals surface area contributed by atoms with Crippen molar-refractivity contribution < 1.29 is 33.6 Å². The summed E-state index contributed by atoms with van der Waals surface area (Å²) in [4.78, 5) is 36.4. The molecule has 2 heterocycles. The summed E-state index contributed by atoms with van der Waals surface area (Å²) < 4.78 is 16.2. The quantitative estimate of drug-likeness (QED) is 0.312. The summed E-state index contributed by atoms with van der Waals surface area (Å²) in [5, 5.41) is 0. The number of ether oxygens (including phenoxy) is 3. The van der Waals surface area contributed by atoms with Gasteiger partial charge in [-0.1, -0.05) is 33.6 Å². The van der Waals surface area contributed by atoms with Crippen LogP contribution >= 0.6 is 0 Å².